The number of rotatable bonds is 9. The van der Waals surface area contributed by atoms with Crippen molar-refractivity contribution in [1.29, 1.82) is 0 Å². The van der Waals surface area contributed by atoms with E-state index in [4.69, 9.17) is 9.84 Å². The largest absolute Gasteiger partial charge is 0.478 e. The third-order valence-corrected chi connectivity index (χ3v) is 3.18. The molecule has 0 aliphatic heterocycles. The van der Waals surface area contributed by atoms with E-state index in [1.165, 1.54) is 12.1 Å². The van der Waals surface area contributed by atoms with Crippen molar-refractivity contribution in [3.05, 3.63) is 35.4 Å². The number of carboxylic acids is 1. The number of hydrogen-bond donors (Lipinski definition) is 2. The van der Waals surface area contributed by atoms with Crippen LogP contribution in [-0.4, -0.2) is 36.7 Å². The van der Waals surface area contributed by atoms with Gasteiger partial charge in [-0.1, -0.05) is 31.9 Å². The molecule has 0 aliphatic rings. The van der Waals surface area contributed by atoms with E-state index in [1.54, 1.807) is 19.2 Å². The molecular weight excluding hydrogens is 270 g/mol. The molecule has 1 aromatic rings. The molecular formula is C16H23NO4. The van der Waals surface area contributed by atoms with Gasteiger partial charge in [-0.3, -0.25) is 4.79 Å². The summed E-state index contributed by atoms with van der Waals surface area (Å²) in [7, 11) is 1.61. The van der Waals surface area contributed by atoms with Crippen LogP contribution in [0.15, 0.2) is 24.3 Å². The zero-order chi connectivity index (χ0) is 15.7. The van der Waals surface area contributed by atoms with Gasteiger partial charge in [-0.25, -0.2) is 4.79 Å². The molecule has 5 heteroatoms. The molecule has 0 bridgehead atoms. The minimum atomic E-state index is -0.988. The first kappa shape index (κ1) is 17.2. The number of amides is 1. The van der Waals surface area contributed by atoms with E-state index >= 15 is 0 Å². The average Bonchev–Trinajstić information content (AvgIpc) is 2.45. The molecule has 0 aliphatic carbocycles. The van der Waals surface area contributed by atoms with Crippen LogP contribution in [0.25, 0.3) is 0 Å². The number of methoxy groups -OCH3 is 1. The Morgan fingerprint density at radius 2 is 2.14 bits per heavy atom. The monoisotopic (exact) mass is 293 g/mol. The van der Waals surface area contributed by atoms with E-state index in [0.717, 1.165) is 19.3 Å². The average molecular weight is 293 g/mol. The standard InChI is InChI=1S/C16H23NO4/c1-3-4-8-14(11-21-2)17-15(18)10-12-6-5-7-13(9-12)16(19)20/h5-7,9,14H,3-4,8,10-11H2,1-2H3,(H,17,18)(H,19,20). The zero-order valence-corrected chi connectivity index (χ0v) is 12.6. The highest BCUT2D eigenvalue weighted by Crippen LogP contribution is 2.07. The van der Waals surface area contributed by atoms with E-state index in [9.17, 15) is 9.59 Å². The molecule has 21 heavy (non-hydrogen) atoms. The summed E-state index contributed by atoms with van der Waals surface area (Å²) in [6, 6.07) is 6.45. The zero-order valence-electron chi connectivity index (χ0n) is 12.6. The number of nitrogens with one attached hydrogen (secondary N) is 1. The molecule has 1 rings (SSSR count). The number of carboxylic acid groups (broad SMARTS) is 1. The van der Waals surface area contributed by atoms with E-state index in [-0.39, 0.29) is 23.9 Å². The van der Waals surface area contributed by atoms with Crippen molar-refractivity contribution in [1.82, 2.24) is 5.32 Å². The van der Waals surface area contributed by atoms with E-state index in [0.29, 0.717) is 12.2 Å². The first-order chi connectivity index (χ1) is 10.1. The number of aromatic carboxylic acids is 1. The van der Waals surface area contributed by atoms with Gasteiger partial charge in [0.15, 0.2) is 0 Å². The van der Waals surface area contributed by atoms with Crippen LogP contribution in [0, 0.1) is 0 Å². The van der Waals surface area contributed by atoms with Gasteiger partial charge in [0.2, 0.25) is 5.91 Å². The smallest absolute Gasteiger partial charge is 0.335 e. The van der Waals surface area contributed by atoms with Crippen molar-refractivity contribution in [2.45, 2.75) is 38.6 Å². The Morgan fingerprint density at radius 3 is 2.76 bits per heavy atom. The molecule has 0 aromatic heterocycles. The number of unbranched alkanes of at least 4 members (excludes halogenated alkanes) is 1. The van der Waals surface area contributed by atoms with Crippen molar-refractivity contribution in [3.63, 3.8) is 0 Å². The van der Waals surface area contributed by atoms with Crippen LogP contribution in [0.2, 0.25) is 0 Å². The molecule has 0 saturated heterocycles. The van der Waals surface area contributed by atoms with Crippen LogP contribution in [-0.2, 0) is 16.0 Å². The van der Waals surface area contributed by atoms with Crippen LogP contribution >= 0.6 is 0 Å². The van der Waals surface area contributed by atoms with Crippen LogP contribution in [0.5, 0.6) is 0 Å². The predicted molar refractivity (Wildman–Crippen MR) is 80.4 cm³/mol. The van der Waals surface area contributed by atoms with Crippen molar-refractivity contribution in [3.8, 4) is 0 Å². The molecule has 0 radical (unpaired) electrons. The third kappa shape index (κ3) is 6.40. The fraction of sp³-hybridized carbons (Fsp3) is 0.500. The first-order valence-corrected chi connectivity index (χ1v) is 7.17. The number of carbonyl (C=O) groups is 2. The Bertz CT molecular complexity index is 473. The Morgan fingerprint density at radius 1 is 1.38 bits per heavy atom. The normalized spacial score (nSPS) is 11.9. The molecule has 1 atom stereocenters. The Balaban J connectivity index is 2.58. The van der Waals surface area contributed by atoms with Gasteiger partial charge in [-0.15, -0.1) is 0 Å². The summed E-state index contributed by atoms with van der Waals surface area (Å²) < 4.78 is 5.11. The first-order valence-electron chi connectivity index (χ1n) is 7.17. The van der Waals surface area contributed by atoms with Gasteiger partial charge in [-0.05, 0) is 24.1 Å². The number of ether oxygens (including phenoxy) is 1. The highest BCUT2D eigenvalue weighted by atomic mass is 16.5. The second-order valence-electron chi connectivity index (χ2n) is 5.04. The van der Waals surface area contributed by atoms with Gasteiger partial charge in [0.25, 0.3) is 0 Å². The van der Waals surface area contributed by atoms with Gasteiger partial charge in [0.05, 0.1) is 24.6 Å². The third-order valence-electron chi connectivity index (χ3n) is 3.18. The van der Waals surface area contributed by atoms with Crippen molar-refractivity contribution in [2.75, 3.05) is 13.7 Å². The highest BCUT2D eigenvalue weighted by molar-refractivity contribution is 5.88. The maximum atomic E-state index is 12.0. The van der Waals surface area contributed by atoms with Gasteiger partial charge >= 0.3 is 5.97 Å². The lowest BCUT2D eigenvalue weighted by molar-refractivity contribution is -0.121. The SMILES string of the molecule is CCCCC(COC)NC(=O)Cc1cccc(C(=O)O)c1. The number of benzene rings is 1. The fourth-order valence-electron chi connectivity index (χ4n) is 2.13. The molecule has 0 spiro atoms. The highest BCUT2D eigenvalue weighted by Gasteiger charge is 2.13. The van der Waals surface area contributed by atoms with Crippen molar-refractivity contribution in [2.24, 2.45) is 0 Å². The Labute approximate surface area is 125 Å². The summed E-state index contributed by atoms with van der Waals surface area (Å²) in [5, 5.41) is 11.9. The van der Waals surface area contributed by atoms with Gasteiger partial charge < -0.3 is 15.2 Å². The summed E-state index contributed by atoms with van der Waals surface area (Å²) in [5.41, 5.74) is 0.888. The second kappa shape index (κ2) is 9.13. The Hall–Kier alpha value is -1.88. The lowest BCUT2D eigenvalue weighted by Crippen LogP contribution is -2.38. The van der Waals surface area contributed by atoms with Crippen LogP contribution in [0.3, 0.4) is 0 Å². The van der Waals surface area contributed by atoms with Crippen molar-refractivity contribution >= 4 is 11.9 Å². The maximum absolute atomic E-state index is 12.0. The topological polar surface area (TPSA) is 75.6 Å². The maximum Gasteiger partial charge on any atom is 0.335 e. The van der Waals surface area contributed by atoms with E-state index < -0.39 is 5.97 Å². The molecule has 0 fully saturated rings. The van der Waals surface area contributed by atoms with Gasteiger partial charge in [0, 0.05) is 7.11 Å². The van der Waals surface area contributed by atoms with Crippen LogP contribution in [0.4, 0.5) is 0 Å². The van der Waals surface area contributed by atoms with Gasteiger partial charge in [-0.2, -0.15) is 0 Å². The molecule has 2 N–H and O–H groups in total. The molecule has 1 aromatic carbocycles. The van der Waals surface area contributed by atoms with Crippen LogP contribution in [0.1, 0.15) is 42.1 Å². The summed E-state index contributed by atoms with van der Waals surface area (Å²) in [6.45, 7) is 2.59. The summed E-state index contributed by atoms with van der Waals surface area (Å²) in [4.78, 5) is 22.9. The fourth-order valence-corrected chi connectivity index (χ4v) is 2.13. The van der Waals surface area contributed by atoms with E-state index in [2.05, 4.69) is 12.2 Å². The molecule has 116 valence electrons. The van der Waals surface area contributed by atoms with Gasteiger partial charge in [0.1, 0.15) is 0 Å². The molecule has 5 nitrogen and oxygen atoms in total. The minimum Gasteiger partial charge on any atom is -0.478 e. The molecule has 0 saturated carbocycles. The van der Waals surface area contributed by atoms with E-state index in [1.807, 2.05) is 0 Å². The summed E-state index contributed by atoms with van der Waals surface area (Å²) >= 11 is 0. The number of hydrogen-bond acceptors (Lipinski definition) is 3. The Kier molecular flexibility index (Phi) is 7.46. The summed E-state index contributed by atoms with van der Waals surface area (Å²) in [6.07, 6.45) is 3.15. The second-order valence-corrected chi connectivity index (χ2v) is 5.04. The lowest BCUT2D eigenvalue weighted by Gasteiger charge is -2.17. The molecule has 0 heterocycles. The molecule has 1 unspecified atom stereocenters. The number of carbonyl (C=O) groups excluding carboxylic acids is 1. The summed E-state index contributed by atoms with van der Waals surface area (Å²) in [5.74, 6) is -1.10. The molecule has 1 amide bonds. The lowest BCUT2D eigenvalue weighted by atomic mass is 10.1. The minimum absolute atomic E-state index is 0.00473. The van der Waals surface area contributed by atoms with Crippen LogP contribution < -0.4 is 5.32 Å². The quantitative estimate of drug-likeness (QED) is 0.732. The predicted octanol–water partition coefficient (Wildman–Crippen LogP) is 2.25. The van der Waals surface area contributed by atoms with Crippen molar-refractivity contribution < 1.29 is 19.4 Å².